The highest BCUT2D eigenvalue weighted by Gasteiger charge is 2.26. The van der Waals surface area contributed by atoms with E-state index in [-0.39, 0.29) is 0 Å². The SMILES string of the molecule is Cc1ccc(C(CC(C)(C)C)N2CCNCC2)cc1. The molecule has 1 atom stereocenters. The molecule has 1 saturated heterocycles. The van der Waals surface area contributed by atoms with E-state index in [0.717, 1.165) is 26.2 Å². The maximum Gasteiger partial charge on any atom is 0.0354 e. The number of nitrogens with zero attached hydrogens (tertiary/aromatic N) is 1. The van der Waals surface area contributed by atoms with Gasteiger partial charge in [-0.3, -0.25) is 4.90 Å². The van der Waals surface area contributed by atoms with Gasteiger partial charge in [0.15, 0.2) is 0 Å². The van der Waals surface area contributed by atoms with E-state index in [1.165, 1.54) is 17.5 Å². The molecule has 1 heterocycles. The van der Waals surface area contributed by atoms with Gasteiger partial charge in [-0.25, -0.2) is 0 Å². The molecule has 1 aliphatic rings. The van der Waals surface area contributed by atoms with Crippen LogP contribution in [0.25, 0.3) is 0 Å². The van der Waals surface area contributed by atoms with Gasteiger partial charge in [0.25, 0.3) is 0 Å². The molecule has 0 amide bonds. The molecular weight excluding hydrogens is 232 g/mol. The minimum atomic E-state index is 0.362. The van der Waals surface area contributed by atoms with E-state index in [9.17, 15) is 0 Å². The lowest BCUT2D eigenvalue weighted by Crippen LogP contribution is -2.45. The second-order valence-corrected chi connectivity index (χ2v) is 6.98. The van der Waals surface area contributed by atoms with Crippen molar-refractivity contribution in [3.8, 4) is 0 Å². The average molecular weight is 260 g/mol. The van der Waals surface area contributed by atoms with Gasteiger partial charge < -0.3 is 5.32 Å². The third-order valence-electron chi connectivity index (χ3n) is 3.86. The summed E-state index contributed by atoms with van der Waals surface area (Å²) in [7, 11) is 0. The highest BCUT2D eigenvalue weighted by atomic mass is 15.2. The van der Waals surface area contributed by atoms with Gasteiger partial charge in [0, 0.05) is 32.2 Å². The van der Waals surface area contributed by atoms with Crippen LogP contribution in [-0.2, 0) is 0 Å². The van der Waals surface area contributed by atoms with Gasteiger partial charge in [0.1, 0.15) is 0 Å². The highest BCUT2D eigenvalue weighted by molar-refractivity contribution is 5.24. The summed E-state index contributed by atoms with van der Waals surface area (Å²) in [5.74, 6) is 0. The molecule has 0 aliphatic carbocycles. The molecule has 106 valence electrons. The number of hydrogen-bond acceptors (Lipinski definition) is 2. The molecule has 0 bridgehead atoms. The molecule has 2 heteroatoms. The van der Waals surface area contributed by atoms with Gasteiger partial charge in [-0.15, -0.1) is 0 Å². The van der Waals surface area contributed by atoms with E-state index in [4.69, 9.17) is 0 Å². The van der Waals surface area contributed by atoms with Crippen LogP contribution in [-0.4, -0.2) is 31.1 Å². The standard InChI is InChI=1S/C17H28N2/c1-14-5-7-15(8-6-14)16(13-17(2,3)4)19-11-9-18-10-12-19/h5-8,16,18H,9-13H2,1-4H3. The topological polar surface area (TPSA) is 15.3 Å². The van der Waals surface area contributed by atoms with Crippen molar-refractivity contribution in [2.45, 2.75) is 40.2 Å². The van der Waals surface area contributed by atoms with E-state index in [2.05, 4.69) is 62.2 Å². The quantitative estimate of drug-likeness (QED) is 0.896. The van der Waals surface area contributed by atoms with Gasteiger partial charge in [-0.1, -0.05) is 50.6 Å². The fourth-order valence-corrected chi connectivity index (χ4v) is 2.82. The third-order valence-corrected chi connectivity index (χ3v) is 3.86. The minimum absolute atomic E-state index is 0.362. The van der Waals surface area contributed by atoms with E-state index < -0.39 is 0 Å². The molecule has 0 saturated carbocycles. The summed E-state index contributed by atoms with van der Waals surface area (Å²) < 4.78 is 0. The van der Waals surface area contributed by atoms with E-state index in [1.807, 2.05) is 0 Å². The van der Waals surface area contributed by atoms with Crippen molar-refractivity contribution < 1.29 is 0 Å². The monoisotopic (exact) mass is 260 g/mol. The lowest BCUT2D eigenvalue weighted by atomic mass is 9.84. The van der Waals surface area contributed by atoms with E-state index >= 15 is 0 Å². The molecule has 2 rings (SSSR count). The Labute approximate surface area is 118 Å². The van der Waals surface area contributed by atoms with Crippen LogP contribution in [0.3, 0.4) is 0 Å². The van der Waals surface area contributed by atoms with Crippen molar-refractivity contribution in [1.29, 1.82) is 0 Å². The van der Waals surface area contributed by atoms with Crippen LogP contribution >= 0.6 is 0 Å². The van der Waals surface area contributed by atoms with Crippen LogP contribution in [0.5, 0.6) is 0 Å². The van der Waals surface area contributed by atoms with Crippen molar-refractivity contribution in [3.05, 3.63) is 35.4 Å². The number of benzene rings is 1. The fourth-order valence-electron chi connectivity index (χ4n) is 2.82. The summed E-state index contributed by atoms with van der Waals surface area (Å²) in [6.07, 6.45) is 1.22. The van der Waals surface area contributed by atoms with Crippen molar-refractivity contribution >= 4 is 0 Å². The molecular formula is C17H28N2. The zero-order valence-corrected chi connectivity index (χ0v) is 12.9. The number of aryl methyl sites for hydroxylation is 1. The van der Waals surface area contributed by atoms with E-state index in [0.29, 0.717) is 11.5 Å². The molecule has 1 aliphatic heterocycles. The van der Waals surface area contributed by atoms with Crippen molar-refractivity contribution in [2.75, 3.05) is 26.2 Å². The number of nitrogens with one attached hydrogen (secondary N) is 1. The van der Waals surface area contributed by atoms with Crippen LogP contribution < -0.4 is 5.32 Å². The Morgan fingerprint density at radius 1 is 1.11 bits per heavy atom. The molecule has 2 nitrogen and oxygen atoms in total. The predicted molar refractivity (Wildman–Crippen MR) is 82.4 cm³/mol. The van der Waals surface area contributed by atoms with Crippen LogP contribution in [0.15, 0.2) is 24.3 Å². The van der Waals surface area contributed by atoms with Gasteiger partial charge >= 0.3 is 0 Å². The minimum Gasteiger partial charge on any atom is -0.314 e. The molecule has 1 aromatic carbocycles. The number of hydrogen-bond donors (Lipinski definition) is 1. The zero-order chi connectivity index (χ0) is 13.9. The maximum atomic E-state index is 3.45. The summed E-state index contributed by atoms with van der Waals surface area (Å²) in [5.41, 5.74) is 3.18. The Morgan fingerprint density at radius 3 is 2.21 bits per heavy atom. The first kappa shape index (κ1) is 14.5. The Hall–Kier alpha value is -0.860. The Bertz CT molecular complexity index is 383. The summed E-state index contributed by atoms with van der Waals surface area (Å²) >= 11 is 0. The van der Waals surface area contributed by atoms with Crippen LogP contribution in [0.1, 0.15) is 44.4 Å². The number of rotatable bonds is 3. The fraction of sp³-hybridized carbons (Fsp3) is 0.647. The van der Waals surface area contributed by atoms with Crippen molar-refractivity contribution in [2.24, 2.45) is 5.41 Å². The maximum absolute atomic E-state index is 3.45. The smallest absolute Gasteiger partial charge is 0.0354 e. The molecule has 19 heavy (non-hydrogen) atoms. The zero-order valence-electron chi connectivity index (χ0n) is 12.9. The molecule has 1 aromatic rings. The summed E-state index contributed by atoms with van der Waals surface area (Å²) in [4.78, 5) is 2.65. The normalized spacial score (nSPS) is 19.4. The molecule has 1 fully saturated rings. The number of piperazine rings is 1. The van der Waals surface area contributed by atoms with Crippen molar-refractivity contribution in [1.82, 2.24) is 10.2 Å². The Morgan fingerprint density at radius 2 is 1.68 bits per heavy atom. The van der Waals surface area contributed by atoms with Gasteiger partial charge in [-0.05, 0) is 24.3 Å². The predicted octanol–water partition coefficient (Wildman–Crippen LogP) is 3.38. The van der Waals surface area contributed by atoms with E-state index in [1.54, 1.807) is 0 Å². The van der Waals surface area contributed by atoms with Crippen LogP contribution in [0, 0.1) is 12.3 Å². The second-order valence-electron chi connectivity index (χ2n) is 6.98. The Kier molecular flexibility index (Phi) is 4.64. The lowest BCUT2D eigenvalue weighted by Gasteiger charge is -2.38. The Balaban J connectivity index is 2.19. The van der Waals surface area contributed by atoms with Crippen LogP contribution in [0.2, 0.25) is 0 Å². The average Bonchev–Trinajstić information content (AvgIpc) is 2.37. The van der Waals surface area contributed by atoms with Crippen molar-refractivity contribution in [3.63, 3.8) is 0 Å². The largest absolute Gasteiger partial charge is 0.314 e. The third kappa shape index (κ3) is 4.32. The molecule has 0 aromatic heterocycles. The first-order chi connectivity index (χ1) is 8.96. The first-order valence-electron chi connectivity index (χ1n) is 7.47. The van der Waals surface area contributed by atoms with Gasteiger partial charge in [-0.2, -0.15) is 0 Å². The summed E-state index contributed by atoms with van der Waals surface area (Å²) in [5, 5.41) is 3.45. The highest BCUT2D eigenvalue weighted by Crippen LogP contribution is 2.34. The molecule has 1 N–H and O–H groups in total. The molecule has 1 unspecified atom stereocenters. The molecule has 0 spiro atoms. The van der Waals surface area contributed by atoms with Gasteiger partial charge in [0.05, 0.1) is 0 Å². The first-order valence-corrected chi connectivity index (χ1v) is 7.47. The summed E-state index contributed by atoms with van der Waals surface area (Å²) in [6.45, 7) is 13.7. The second kappa shape index (κ2) is 6.06. The van der Waals surface area contributed by atoms with Gasteiger partial charge in [0.2, 0.25) is 0 Å². The lowest BCUT2D eigenvalue weighted by molar-refractivity contribution is 0.132. The van der Waals surface area contributed by atoms with Crippen LogP contribution in [0.4, 0.5) is 0 Å². The summed E-state index contributed by atoms with van der Waals surface area (Å²) in [6, 6.07) is 9.67. The molecule has 0 radical (unpaired) electrons.